The molecule has 0 aliphatic carbocycles. The van der Waals surface area contributed by atoms with Crippen LogP contribution in [0.4, 0.5) is 0 Å². The predicted octanol–water partition coefficient (Wildman–Crippen LogP) is 0.954. The molecular formula is C12H16O5. The molecule has 0 aromatic heterocycles. The molecule has 0 aliphatic rings. The number of benzene rings is 1. The minimum absolute atomic E-state index is 0.392. The van der Waals surface area contributed by atoms with Gasteiger partial charge in [0.25, 0.3) is 0 Å². The molecule has 1 rings (SSSR count). The van der Waals surface area contributed by atoms with Crippen LogP contribution in [0.15, 0.2) is 24.3 Å². The van der Waals surface area contributed by atoms with E-state index in [0.717, 1.165) is 0 Å². The Balaban J connectivity index is 2.86. The van der Waals surface area contributed by atoms with Crippen molar-refractivity contribution in [3.05, 3.63) is 29.8 Å². The number of hydrogen-bond donors (Lipinski definition) is 3. The minimum atomic E-state index is -1.35. The van der Waals surface area contributed by atoms with Gasteiger partial charge in [0.1, 0.15) is 11.9 Å². The van der Waals surface area contributed by atoms with Crippen LogP contribution in [0.2, 0.25) is 0 Å². The van der Waals surface area contributed by atoms with Gasteiger partial charge < -0.3 is 20.1 Å². The van der Waals surface area contributed by atoms with Crippen LogP contribution in [0.25, 0.3) is 0 Å². The van der Waals surface area contributed by atoms with Crippen molar-refractivity contribution >= 4 is 5.97 Å². The number of carbonyl (C=O) groups is 1. The molecule has 0 heterocycles. The molecule has 17 heavy (non-hydrogen) atoms. The van der Waals surface area contributed by atoms with Gasteiger partial charge in [-0.1, -0.05) is 18.2 Å². The van der Waals surface area contributed by atoms with Crippen molar-refractivity contribution in [1.82, 2.24) is 0 Å². The van der Waals surface area contributed by atoms with Crippen LogP contribution in [0.3, 0.4) is 0 Å². The highest BCUT2D eigenvalue weighted by atomic mass is 16.5. The van der Waals surface area contributed by atoms with E-state index in [0.29, 0.717) is 17.9 Å². The topological polar surface area (TPSA) is 87.0 Å². The molecule has 0 saturated carbocycles. The molecule has 0 radical (unpaired) electrons. The molecule has 0 spiro atoms. The Morgan fingerprint density at radius 1 is 1.35 bits per heavy atom. The van der Waals surface area contributed by atoms with Crippen molar-refractivity contribution in [1.29, 1.82) is 0 Å². The van der Waals surface area contributed by atoms with Crippen molar-refractivity contribution in [2.75, 3.05) is 6.61 Å². The summed E-state index contributed by atoms with van der Waals surface area (Å²) >= 11 is 0. The molecule has 0 bridgehead atoms. The van der Waals surface area contributed by atoms with E-state index < -0.39 is 24.6 Å². The average molecular weight is 240 g/mol. The molecular weight excluding hydrogens is 224 g/mol. The molecule has 2 atom stereocenters. The van der Waals surface area contributed by atoms with Gasteiger partial charge in [-0.05, 0) is 13.0 Å². The van der Waals surface area contributed by atoms with E-state index in [1.807, 2.05) is 0 Å². The van der Waals surface area contributed by atoms with Crippen LogP contribution >= 0.6 is 0 Å². The van der Waals surface area contributed by atoms with Gasteiger partial charge in [-0.2, -0.15) is 0 Å². The number of rotatable bonds is 6. The molecule has 0 aliphatic heterocycles. The van der Waals surface area contributed by atoms with E-state index in [4.69, 9.17) is 9.84 Å². The summed E-state index contributed by atoms with van der Waals surface area (Å²) in [6, 6.07) is 6.69. The second-order valence-electron chi connectivity index (χ2n) is 3.58. The van der Waals surface area contributed by atoms with Crippen molar-refractivity contribution in [3.8, 4) is 5.75 Å². The number of para-hydroxylation sites is 1. The second-order valence-corrected chi connectivity index (χ2v) is 3.58. The second kappa shape index (κ2) is 6.22. The molecule has 3 N–H and O–H groups in total. The van der Waals surface area contributed by atoms with Crippen LogP contribution in [0, 0.1) is 0 Å². The number of carboxylic acid groups (broad SMARTS) is 1. The number of ether oxygens (including phenoxy) is 1. The third-order valence-corrected chi connectivity index (χ3v) is 2.29. The van der Waals surface area contributed by atoms with Gasteiger partial charge in [-0.15, -0.1) is 0 Å². The van der Waals surface area contributed by atoms with Gasteiger partial charge in [0.15, 0.2) is 0 Å². The fraction of sp³-hybridized carbons (Fsp3) is 0.417. The van der Waals surface area contributed by atoms with E-state index in [1.165, 1.54) is 0 Å². The Bertz CT molecular complexity index is 377. The fourth-order valence-electron chi connectivity index (χ4n) is 1.51. The first-order chi connectivity index (χ1) is 8.06. The summed E-state index contributed by atoms with van der Waals surface area (Å²) in [6.45, 7) is 2.23. The lowest BCUT2D eigenvalue weighted by atomic mass is 10.0. The average Bonchev–Trinajstić information content (AvgIpc) is 2.28. The zero-order valence-electron chi connectivity index (χ0n) is 9.54. The summed E-state index contributed by atoms with van der Waals surface area (Å²) in [4.78, 5) is 10.5. The van der Waals surface area contributed by atoms with Crippen LogP contribution < -0.4 is 4.74 Å². The van der Waals surface area contributed by atoms with Gasteiger partial charge in [0.05, 0.1) is 19.1 Å². The van der Waals surface area contributed by atoms with Gasteiger partial charge in [0, 0.05) is 5.56 Å². The lowest BCUT2D eigenvalue weighted by molar-refractivity contribution is -0.141. The normalized spacial score (nSPS) is 14.1. The third kappa shape index (κ3) is 3.72. The molecule has 0 fully saturated rings. The van der Waals surface area contributed by atoms with E-state index >= 15 is 0 Å². The number of aliphatic hydroxyl groups is 2. The molecule has 5 heteroatoms. The Morgan fingerprint density at radius 3 is 2.59 bits per heavy atom. The van der Waals surface area contributed by atoms with Crippen molar-refractivity contribution in [2.24, 2.45) is 0 Å². The van der Waals surface area contributed by atoms with Crippen molar-refractivity contribution < 1.29 is 24.9 Å². The summed E-state index contributed by atoms with van der Waals surface area (Å²) in [5, 5.41) is 27.9. The smallest absolute Gasteiger partial charge is 0.306 e. The van der Waals surface area contributed by atoms with Crippen molar-refractivity contribution in [3.63, 3.8) is 0 Å². The summed E-state index contributed by atoms with van der Waals surface area (Å²) in [5.74, 6) is -0.711. The minimum Gasteiger partial charge on any atom is -0.493 e. The highest BCUT2D eigenvalue weighted by Crippen LogP contribution is 2.28. The number of hydrogen-bond acceptors (Lipinski definition) is 4. The number of aliphatic hydroxyl groups excluding tert-OH is 2. The summed E-state index contributed by atoms with van der Waals surface area (Å²) in [6.07, 6.45) is -3.13. The summed E-state index contributed by atoms with van der Waals surface area (Å²) < 4.78 is 5.29. The Morgan fingerprint density at radius 2 is 2.00 bits per heavy atom. The Labute approximate surface area is 99.3 Å². The highest BCUT2D eigenvalue weighted by molar-refractivity contribution is 5.67. The monoisotopic (exact) mass is 240 g/mol. The van der Waals surface area contributed by atoms with Gasteiger partial charge in [-0.25, -0.2) is 0 Å². The molecule has 1 aromatic carbocycles. The Kier molecular flexibility index (Phi) is 4.93. The van der Waals surface area contributed by atoms with E-state index in [2.05, 4.69) is 0 Å². The zero-order valence-corrected chi connectivity index (χ0v) is 9.54. The fourth-order valence-corrected chi connectivity index (χ4v) is 1.51. The van der Waals surface area contributed by atoms with Crippen LogP contribution in [-0.2, 0) is 4.79 Å². The first-order valence-corrected chi connectivity index (χ1v) is 5.36. The molecule has 5 nitrogen and oxygen atoms in total. The lowest BCUT2D eigenvalue weighted by Gasteiger charge is -2.19. The SMILES string of the molecule is CCOc1ccccc1C(O)C(O)CC(=O)O. The van der Waals surface area contributed by atoms with Crippen LogP contribution in [0.5, 0.6) is 5.75 Å². The first-order valence-electron chi connectivity index (χ1n) is 5.36. The van der Waals surface area contributed by atoms with Gasteiger partial charge >= 0.3 is 5.97 Å². The molecule has 1 aromatic rings. The predicted molar refractivity (Wildman–Crippen MR) is 60.8 cm³/mol. The lowest BCUT2D eigenvalue weighted by Crippen LogP contribution is -2.22. The van der Waals surface area contributed by atoms with Crippen LogP contribution in [-0.4, -0.2) is 34.0 Å². The first kappa shape index (κ1) is 13.5. The maximum absolute atomic E-state index is 10.5. The maximum Gasteiger partial charge on any atom is 0.306 e. The quantitative estimate of drug-likeness (QED) is 0.689. The highest BCUT2D eigenvalue weighted by Gasteiger charge is 2.23. The van der Waals surface area contributed by atoms with Gasteiger partial charge in [-0.3, -0.25) is 4.79 Å². The number of carboxylic acids is 1. The molecule has 0 saturated heterocycles. The third-order valence-electron chi connectivity index (χ3n) is 2.29. The summed E-state index contributed by atoms with van der Waals surface area (Å²) in [7, 11) is 0. The maximum atomic E-state index is 10.5. The zero-order chi connectivity index (χ0) is 12.8. The summed E-state index contributed by atoms with van der Waals surface area (Å²) in [5.41, 5.74) is 0.392. The van der Waals surface area contributed by atoms with Crippen molar-refractivity contribution in [2.45, 2.75) is 25.6 Å². The molecule has 2 unspecified atom stereocenters. The largest absolute Gasteiger partial charge is 0.493 e. The standard InChI is InChI=1S/C12H16O5/c1-2-17-10-6-4-3-5-8(10)12(16)9(13)7-11(14)15/h3-6,9,12-13,16H,2,7H2,1H3,(H,14,15). The molecule has 0 amide bonds. The van der Waals surface area contributed by atoms with Crippen LogP contribution in [0.1, 0.15) is 25.0 Å². The van der Waals surface area contributed by atoms with E-state index in [1.54, 1.807) is 31.2 Å². The Hall–Kier alpha value is -1.59. The van der Waals surface area contributed by atoms with Gasteiger partial charge in [0.2, 0.25) is 0 Å². The van der Waals surface area contributed by atoms with E-state index in [9.17, 15) is 15.0 Å². The van der Waals surface area contributed by atoms with E-state index in [-0.39, 0.29) is 0 Å². The molecule has 94 valence electrons. The number of aliphatic carboxylic acids is 1.